The zero-order valence-electron chi connectivity index (χ0n) is 11.1. The summed E-state index contributed by atoms with van der Waals surface area (Å²) in [6.45, 7) is 2.91. The van der Waals surface area contributed by atoms with Gasteiger partial charge in [0.25, 0.3) is 0 Å². The normalized spacial score (nSPS) is 12.1. The first-order valence-electron chi connectivity index (χ1n) is 5.62. The predicted octanol–water partition coefficient (Wildman–Crippen LogP) is -0.856. The van der Waals surface area contributed by atoms with Crippen molar-refractivity contribution in [1.82, 2.24) is 9.80 Å². The molecule has 0 fully saturated rings. The van der Waals surface area contributed by atoms with E-state index < -0.39 is 0 Å². The fraction of sp³-hybridized carbons (Fsp3) is 0.818. The van der Waals surface area contributed by atoms with Crippen molar-refractivity contribution < 1.29 is 14.3 Å². The molecule has 0 bridgehead atoms. The van der Waals surface area contributed by atoms with Crippen LogP contribution in [0.3, 0.4) is 0 Å². The third kappa shape index (κ3) is 5.65. The third-order valence-electron chi connectivity index (χ3n) is 2.48. The Bertz CT molecular complexity index is 256. The summed E-state index contributed by atoms with van der Waals surface area (Å²) in [5, 5.41) is 0. The molecule has 100 valence electrons. The Morgan fingerprint density at radius 2 is 1.94 bits per heavy atom. The monoisotopic (exact) mass is 245 g/mol. The van der Waals surface area contributed by atoms with Gasteiger partial charge in [0.05, 0.1) is 13.2 Å². The topological polar surface area (TPSA) is 75.9 Å². The highest BCUT2D eigenvalue weighted by Crippen LogP contribution is 2.02. The van der Waals surface area contributed by atoms with Gasteiger partial charge in [0, 0.05) is 40.2 Å². The largest absolute Gasteiger partial charge is 0.383 e. The van der Waals surface area contributed by atoms with Gasteiger partial charge in [0.15, 0.2) is 0 Å². The molecule has 0 spiro atoms. The second-order valence-corrected chi connectivity index (χ2v) is 4.18. The van der Waals surface area contributed by atoms with Crippen molar-refractivity contribution in [2.75, 3.05) is 47.4 Å². The Balaban J connectivity index is 4.52. The number of amides is 2. The molecule has 0 saturated heterocycles. The maximum absolute atomic E-state index is 12.0. The van der Waals surface area contributed by atoms with Crippen LogP contribution in [0.1, 0.15) is 6.92 Å². The second-order valence-electron chi connectivity index (χ2n) is 4.18. The van der Waals surface area contributed by atoms with Crippen molar-refractivity contribution in [3.63, 3.8) is 0 Å². The fourth-order valence-electron chi connectivity index (χ4n) is 1.19. The van der Waals surface area contributed by atoms with E-state index >= 15 is 0 Å². The number of hydrogen-bond donors (Lipinski definition) is 1. The highest BCUT2D eigenvalue weighted by Gasteiger charge is 2.21. The van der Waals surface area contributed by atoms with Gasteiger partial charge in [-0.2, -0.15) is 0 Å². The van der Waals surface area contributed by atoms with Gasteiger partial charge >= 0.3 is 0 Å². The molecule has 1 atom stereocenters. The molecule has 0 aromatic carbocycles. The molecule has 0 rings (SSSR count). The second kappa shape index (κ2) is 8.03. The maximum atomic E-state index is 12.0. The first kappa shape index (κ1) is 15.9. The Morgan fingerprint density at radius 3 is 2.35 bits per heavy atom. The van der Waals surface area contributed by atoms with Crippen LogP contribution in [0.2, 0.25) is 0 Å². The first-order chi connectivity index (χ1) is 7.93. The molecule has 0 saturated carbocycles. The molecule has 0 aromatic rings. The van der Waals surface area contributed by atoms with E-state index in [1.165, 1.54) is 9.80 Å². The van der Waals surface area contributed by atoms with E-state index in [-0.39, 0.29) is 30.8 Å². The van der Waals surface area contributed by atoms with Gasteiger partial charge in [-0.05, 0) is 0 Å². The van der Waals surface area contributed by atoms with Gasteiger partial charge in [0.2, 0.25) is 11.8 Å². The van der Waals surface area contributed by atoms with Crippen LogP contribution < -0.4 is 5.73 Å². The quantitative estimate of drug-likeness (QED) is 0.633. The van der Waals surface area contributed by atoms with Crippen LogP contribution >= 0.6 is 0 Å². The average Bonchev–Trinajstić information content (AvgIpc) is 2.31. The van der Waals surface area contributed by atoms with E-state index in [4.69, 9.17) is 10.5 Å². The molecule has 17 heavy (non-hydrogen) atoms. The van der Waals surface area contributed by atoms with Crippen LogP contribution in [0.25, 0.3) is 0 Å². The number of hydrogen-bond acceptors (Lipinski definition) is 4. The van der Waals surface area contributed by atoms with E-state index in [0.29, 0.717) is 13.2 Å². The summed E-state index contributed by atoms with van der Waals surface area (Å²) in [6, 6.07) is 0. The lowest BCUT2D eigenvalue weighted by Crippen LogP contribution is -2.45. The average molecular weight is 245 g/mol. The lowest BCUT2D eigenvalue weighted by atomic mass is 10.1. The Hall–Kier alpha value is -1.14. The smallest absolute Gasteiger partial charge is 0.241 e. The Labute approximate surface area is 103 Å². The molecule has 0 aliphatic carbocycles. The lowest BCUT2D eigenvalue weighted by Gasteiger charge is -2.25. The minimum absolute atomic E-state index is 0.0690. The van der Waals surface area contributed by atoms with Gasteiger partial charge in [-0.15, -0.1) is 0 Å². The molecule has 0 heterocycles. The Morgan fingerprint density at radius 1 is 1.35 bits per heavy atom. The van der Waals surface area contributed by atoms with Gasteiger partial charge in [0.1, 0.15) is 0 Å². The summed E-state index contributed by atoms with van der Waals surface area (Å²) in [7, 11) is 4.88. The predicted molar refractivity (Wildman–Crippen MR) is 65.4 cm³/mol. The maximum Gasteiger partial charge on any atom is 0.241 e. The lowest BCUT2D eigenvalue weighted by molar-refractivity contribution is -0.141. The first-order valence-corrected chi connectivity index (χ1v) is 5.62. The molecule has 6 nitrogen and oxygen atoms in total. The zero-order chi connectivity index (χ0) is 13.4. The van der Waals surface area contributed by atoms with Crippen LogP contribution in [0.5, 0.6) is 0 Å². The molecule has 0 radical (unpaired) electrons. The van der Waals surface area contributed by atoms with Crippen molar-refractivity contribution in [2.45, 2.75) is 6.92 Å². The SMILES string of the molecule is COCCN(CC(=O)N(C)C)C(=O)C(C)CN. The summed E-state index contributed by atoms with van der Waals surface area (Å²) in [4.78, 5) is 26.5. The molecule has 0 aliphatic heterocycles. The molecular weight excluding hydrogens is 222 g/mol. The minimum atomic E-state index is -0.276. The Kier molecular flexibility index (Phi) is 7.49. The van der Waals surface area contributed by atoms with Crippen LogP contribution in [0.15, 0.2) is 0 Å². The number of nitrogens with zero attached hydrogens (tertiary/aromatic N) is 2. The number of carbonyl (C=O) groups is 2. The van der Waals surface area contributed by atoms with Crippen LogP contribution in [0.4, 0.5) is 0 Å². The zero-order valence-corrected chi connectivity index (χ0v) is 11.1. The fourth-order valence-corrected chi connectivity index (χ4v) is 1.19. The molecule has 0 aliphatic rings. The standard InChI is InChI=1S/C11H23N3O3/c1-9(7-12)11(16)14(5-6-17-4)8-10(15)13(2)3/h9H,5-8,12H2,1-4H3. The van der Waals surface area contributed by atoms with E-state index in [2.05, 4.69) is 0 Å². The summed E-state index contributed by atoms with van der Waals surface area (Å²) in [6.07, 6.45) is 0. The molecule has 0 aromatic heterocycles. The highest BCUT2D eigenvalue weighted by molar-refractivity contribution is 5.85. The summed E-state index contributed by atoms with van der Waals surface area (Å²) in [5.74, 6) is -0.500. The molecule has 2 N–H and O–H groups in total. The van der Waals surface area contributed by atoms with Gasteiger partial charge in [-0.1, -0.05) is 6.92 Å². The minimum Gasteiger partial charge on any atom is -0.383 e. The van der Waals surface area contributed by atoms with E-state index in [0.717, 1.165) is 0 Å². The van der Waals surface area contributed by atoms with Gasteiger partial charge in [-0.25, -0.2) is 0 Å². The number of rotatable bonds is 7. The van der Waals surface area contributed by atoms with Gasteiger partial charge in [-0.3, -0.25) is 9.59 Å². The van der Waals surface area contributed by atoms with Gasteiger partial charge < -0.3 is 20.3 Å². The highest BCUT2D eigenvalue weighted by atomic mass is 16.5. The van der Waals surface area contributed by atoms with E-state index in [1.54, 1.807) is 28.1 Å². The van der Waals surface area contributed by atoms with Crippen LogP contribution in [0, 0.1) is 5.92 Å². The molecule has 2 amide bonds. The molecule has 1 unspecified atom stereocenters. The van der Waals surface area contributed by atoms with Crippen molar-refractivity contribution in [3.8, 4) is 0 Å². The summed E-state index contributed by atoms with van der Waals surface area (Å²) >= 11 is 0. The molecule has 6 heteroatoms. The number of carbonyl (C=O) groups excluding carboxylic acids is 2. The van der Waals surface area contributed by atoms with Crippen molar-refractivity contribution in [3.05, 3.63) is 0 Å². The summed E-state index contributed by atoms with van der Waals surface area (Å²) in [5.41, 5.74) is 5.46. The number of methoxy groups -OCH3 is 1. The number of likely N-dealkylation sites (N-methyl/N-ethyl adjacent to an activating group) is 1. The number of ether oxygens (including phenoxy) is 1. The number of nitrogens with two attached hydrogens (primary N) is 1. The van der Waals surface area contributed by atoms with Crippen LogP contribution in [-0.4, -0.2) is 69.1 Å². The van der Waals surface area contributed by atoms with Crippen LogP contribution in [-0.2, 0) is 14.3 Å². The summed E-state index contributed by atoms with van der Waals surface area (Å²) < 4.78 is 4.93. The van der Waals surface area contributed by atoms with Crippen molar-refractivity contribution in [2.24, 2.45) is 11.7 Å². The van der Waals surface area contributed by atoms with Crippen molar-refractivity contribution >= 4 is 11.8 Å². The van der Waals surface area contributed by atoms with E-state index in [9.17, 15) is 9.59 Å². The third-order valence-corrected chi connectivity index (χ3v) is 2.48. The van der Waals surface area contributed by atoms with Crippen molar-refractivity contribution in [1.29, 1.82) is 0 Å². The molecular formula is C11H23N3O3. The van der Waals surface area contributed by atoms with E-state index in [1.807, 2.05) is 0 Å².